The molecular weight excluding hydrogens is 246 g/mol. The summed E-state index contributed by atoms with van der Waals surface area (Å²) in [6.45, 7) is 0.548. The Bertz CT molecular complexity index is 606. The molecular formula is C13H11N3OS. The number of hydrazine groups is 1. The molecule has 1 amide bonds. The summed E-state index contributed by atoms with van der Waals surface area (Å²) in [5, 5.41) is 11.5. The first kappa shape index (κ1) is 11.0. The predicted molar refractivity (Wildman–Crippen MR) is 70.6 cm³/mol. The summed E-state index contributed by atoms with van der Waals surface area (Å²) < 4.78 is 0. The lowest BCUT2D eigenvalue weighted by Gasteiger charge is -2.18. The van der Waals surface area contributed by atoms with Gasteiger partial charge in [-0.1, -0.05) is 30.3 Å². The summed E-state index contributed by atoms with van der Waals surface area (Å²) in [4.78, 5) is 12.6. The van der Waals surface area contributed by atoms with E-state index >= 15 is 0 Å². The number of amidine groups is 1. The highest BCUT2D eigenvalue weighted by atomic mass is 32.1. The Morgan fingerprint density at radius 1 is 1.28 bits per heavy atom. The van der Waals surface area contributed by atoms with E-state index in [0.29, 0.717) is 17.3 Å². The zero-order valence-corrected chi connectivity index (χ0v) is 10.3. The van der Waals surface area contributed by atoms with Gasteiger partial charge >= 0.3 is 0 Å². The first-order chi connectivity index (χ1) is 8.75. The van der Waals surface area contributed by atoms with Crippen LogP contribution in [0.25, 0.3) is 0 Å². The Morgan fingerprint density at radius 2 is 2.11 bits per heavy atom. The van der Waals surface area contributed by atoms with Crippen LogP contribution in [0.3, 0.4) is 0 Å². The van der Waals surface area contributed by atoms with Gasteiger partial charge < -0.3 is 0 Å². The van der Waals surface area contributed by atoms with Crippen LogP contribution < -0.4 is 5.43 Å². The highest BCUT2D eigenvalue weighted by Crippen LogP contribution is 2.20. The summed E-state index contributed by atoms with van der Waals surface area (Å²) >= 11 is 1.39. The number of rotatable bonds is 2. The molecule has 0 unspecified atom stereocenters. The monoisotopic (exact) mass is 257 g/mol. The third kappa shape index (κ3) is 1.78. The quantitative estimate of drug-likeness (QED) is 0.866. The van der Waals surface area contributed by atoms with Crippen molar-refractivity contribution in [1.82, 2.24) is 10.4 Å². The lowest BCUT2D eigenvalue weighted by atomic mass is 10.1. The number of nitrogens with zero attached hydrogens (tertiary/aromatic N) is 1. The molecule has 90 valence electrons. The van der Waals surface area contributed by atoms with Gasteiger partial charge in [0.05, 0.1) is 11.4 Å². The maximum absolute atomic E-state index is 11.9. The molecule has 1 aliphatic rings. The van der Waals surface area contributed by atoms with E-state index in [0.717, 1.165) is 11.1 Å². The normalized spacial score (nSPS) is 13.6. The van der Waals surface area contributed by atoms with Gasteiger partial charge in [0, 0.05) is 5.56 Å². The average molecular weight is 257 g/mol. The maximum atomic E-state index is 11.9. The van der Waals surface area contributed by atoms with Crippen molar-refractivity contribution in [2.45, 2.75) is 6.54 Å². The van der Waals surface area contributed by atoms with E-state index in [1.165, 1.54) is 11.3 Å². The van der Waals surface area contributed by atoms with Crippen LogP contribution in [0.15, 0.2) is 41.8 Å². The number of hydrogen-bond donors (Lipinski definition) is 2. The Balaban J connectivity index is 1.77. The van der Waals surface area contributed by atoms with E-state index in [-0.39, 0.29) is 5.91 Å². The third-order valence-electron chi connectivity index (χ3n) is 2.85. The van der Waals surface area contributed by atoms with Gasteiger partial charge in [0.1, 0.15) is 5.84 Å². The Hall–Kier alpha value is -2.14. The van der Waals surface area contributed by atoms with E-state index in [4.69, 9.17) is 5.41 Å². The highest BCUT2D eigenvalue weighted by molar-refractivity contribution is 7.12. The van der Waals surface area contributed by atoms with Crippen molar-refractivity contribution in [1.29, 1.82) is 5.41 Å². The van der Waals surface area contributed by atoms with Crippen LogP contribution in [0, 0.1) is 5.41 Å². The molecule has 18 heavy (non-hydrogen) atoms. The lowest BCUT2D eigenvalue weighted by molar-refractivity contribution is 0.0873. The molecule has 4 nitrogen and oxygen atoms in total. The second-order valence-electron chi connectivity index (χ2n) is 4.01. The number of benzene rings is 1. The van der Waals surface area contributed by atoms with Gasteiger partial charge in [0.2, 0.25) is 0 Å². The van der Waals surface area contributed by atoms with Gasteiger partial charge in [0.25, 0.3) is 5.91 Å². The van der Waals surface area contributed by atoms with Crippen molar-refractivity contribution in [3.05, 3.63) is 57.8 Å². The lowest BCUT2D eigenvalue weighted by Crippen LogP contribution is -2.41. The zero-order valence-electron chi connectivity index (χ0n) is 9.51. The van der Waals surface area contributed by atoms with Gasteiger partial charge in [0.15, 0.2) is 0 Å². The van der Waals surface area contributed by atoms with Gasteiger partial charge in [-0.25, -0.2) is 0 Å². The largest absolute Gasteiger partial charge is 0.283 e. The molecule has 1 aromatic carbocycles. The molecule has 0 fully saturated rings. The number of carbonyl (C=O) groups is 1. The Labute approximate surface area is 108 Å². The Morgan fingerprint density at radius 3 is 2.83 bits per heavy atom. The average Bonchev–Trinajstić information content (AvgIpc) is 3.00. The van der Waals surface area contributed by atoms with E-state index in [2.05, 4.69) is 5.43 Å². The van der Waals surface area contributed by atoms with Crippen molar-refractivity contribution >= 4 is 23.1 Å². The highest BCUT2D eigenvalue weighted by Gasteiger charge is 2.25. The molecule has 0 aliphatic carbocycles. The van der Waals surface area contributed by atoms with Crippen molar-refractivity contribution in [2.24, 2.45) is 0 Å². The number of amides is 1. The molecule has 0 spiro atoms. The third-order valence-corrected chi connectivity index (χ3v) is 3.72. The van der Waals surface area contributed by atoms with Gasteiger partial charge in [-0.15, -0.1) is 11.3 Å². The molecule has 0 bridgehead atoms. The van der Waals surface area contributed by atoms with Crippen LogP contribution in [0.4, 0.5) is 0 Å². The number of fused-ring (bicyclic) bond motifs is 1. The van der Waals surface area contributed by atoms with E-state index < -0.39 is 0 Å². The molecule has 0 saturated heterocycles. The molecule has 0 atom stereocenters. The number of thiophene rings is 1. The fourth-order valence-electron chi connectivity index (χ4n) is 1.96. The predicted octanol–water partition coefficient (Wildman–Crippen LogP) is 2.23. The second kappa shape index (κ2) is 4.27. The zero-order chi connectivity index (χ0) is 12.5. The van der Waals surface area contributed by atoms with Crippen LogP contribution in [-0.4, -0.2) is 16.8 Å². The van der Waals surface area contributed by atoms with Crippen molar-refractivity contribution < 1.29 is 4.79 Å². The molecule has 1 aromatic heterocycles. The smallest absolute Gasteiger partial charge is 0.279 e. The number of carbonyl (C=O) groups excluding carboxylic acids is 1. The number of nitrogens with one attached hydrogen (secondary N) is 2. The first-order valence-corrected chi connectivity index (χ1v) is 6.42. The molecule has 3 rings (SSSR count). The summed E-state index contributed by atoms with van der Waals surface area (Å²) in [5.74, 6) is 0.179. The van der Waals surface area contributed by atoms with E-state index in [9.17, 15) is 4.79 Å². The Kier molecular flexibility index (Phi) is 2.60. The fraction of sp³-hybridized carbons (Fsp3) is 0.0769. The molecule has 5 heteroatoms. The minimum absolute atomic E-state index is 0.164. The fourth-order valence-corrected chi connectivity index (χ4v) is 2.58. The van der Waals surface area contributed by atoms with Gasteiger partial charge in [-0.3, -0.25) is 20.6 Å². The molecule has 0 radical (unpaired) electrons. The van der Waals surface area contributed by atoms with Crippen molar-refractivity contribution in [2.75, 3.05) is 0 Å². The van der Waals surface area contributed by atoms with Gasteiger partial charge in [-0.05, 0) is 17.0 Å². The van der Waals surface area contributed by atoms with E-state index in [1.807, 2.05) is 35.7 Å². The molecule has 0 saturated carbocycles. The van der Waals surface area contributed by atoms with Crippen LogP contribution >= 0.6 is 11.3 Å². The van der Waals surface area contributed by atoms with Crippen molar-refractivity contribution in [3.8, 4) is 0 Å². The topological polar surface area (TPSA) is 56.2 Å². The van der Waals surface area contributed by atoms with Crippen LogP contribution in [0.2, 0.25) is 0 Å². The van der Waals surface area contributed by atoms with Crippen LogP contribution in [0.5, 0.6) is 0 Å². The van der Waals surface area contributed by atoms with Gasteiger partial charge in [-0.2, -0.15) is 0 Å². The summed E-state index contributed by atoms with van der Waals surface area (Å²) in [6.07, 6.45) is 0. The maximum Gasteiger partial charge on any atom is 0.279 e. The minimum Gasteiger partial charge on any atom is -0.283 e. The standard InChI is InChI=1S/C13H11N3OS/c14-12-10-5-2-1-4-9(10)8-16(12)15-13(17)11-6-3-7-18-11/h1-7,14H,8H2,(H,15,17). The van der Waals surface area contributed by atoms with Crippen LogP contribution in [0.1, 0.15) is 20.8 Å². The number of hydrogen-bond acceptors (Lipinski definition) is 3. The van der Waals surface area contributed by atoms with E-state index in [1.54, 1.807) is 11.1 Å². The SMILES string of the molecule is N=C1c2ccccc2CN1NC(=O)c1cccs1. The summed E-state index contributed by atoms with van der Waals surface area (Å²) in [5.41, 5.74) is 4.70. The summed E-state index contributed by atoms with van der Waals surface area (Å²) in [6, 6.07) is 11.3. The molecule has 2 heterocycles. The van der Waals surface area contributed by atoms with Crippen molar-refractivity contribution in [3.63, 3.8) is 0 Å². The summed E-state index contributed by atoms with van der Waals surface area (Å²) in [7, 11) is 0. The second-order valence-corrected chi connectivity index (χ2v) is 4.96. The first-order valence-electron chi connectivity index (χ1n) is 5.54. The minimum atomic E-state index is -0.164. The molecule has 1 aliphatic heterocycles. The molecule has 2 aromatic rings. The molecule has 2 N–H and O–H groups in total. The van der Waals surface area contributed by atoms with Crippen LogP contribution in [-0.2, 0) is 6.54 Å².